The molecule has 0 saturated carbocycles. The summed E-state index contributed by atoms with van der Waals surface area (Å²) < 4.78 is 30.8. The summed E-state index contributed by atoms with van der Waals surface area (Å²) in [4.78, 5) is 15.1. The van der Waals surface area contributed by atoms with Crippen LogP contribution in [0.4, 0.5) is 5.82 Å². The number of nitrogens with zero attached hydrogens (tertiary/aromatic N) is 2. The topological polar surface area (TPSA) is 114 Å². The number of nitrogens with one attached hydrogen (secondary N) is 2. The Bertz CT molecular complexity index is 1260. The number of hydrogen-bond donors (Lipinski definition) is 2. The van der Waals surface area contributed by atoms with Gasteiger partial charge < -0.3 is 9.72 Å². The second-order valence-electron chi connectivity index (χ2n) is 8.66. The Kier molecular flexibility index (Phi) is 6.68. The maximum Gasteiger partial charge on any atom is 0.255 e. The highest BCUT2D eigenvalue weighted by Crippen LogP contribution is 2.38. The molecule has 0 amide bonds. The van der Waals surface area contributed by atoms with E-state index >= 15 is 0 Å². The monoisotopic (exact) mass is 456 g/mol. The number of benzene rings is 1. The highest BCUT2D eigenvalue weighted by molar-refractivity contribution is 7.92. The summed E-state index contributed by atoms with van der Waals surface area (Å²) in [5, 5.41) is 8.06. The van der Waals surface area contributed by atoms with E-state index in [2.05, 4.69) is 40.7 Å². The Hall–Kier alpha value is -3.20. The number of aromatic amines is 1. The summed E-state index contributed by atoms with van der Waals surface area (Å²) in [5.41, 5.74) is 3.75. The van der Waals surface area contributed by atoms with Gasteiger partial charge in [-0.2, -0.15) is 5.10 Å². The Morgan fingerprint density at radius 3 is 2.41 bits per heavy atom. The zero-order chi connectivity index (χ0) is 23.5. The molecule has 0 atom stereocenters. The van der Waals surface area contributed by atoms with Crippen molar-refractivity contribution in [2.45, 2.75) is 39.0 Å². The van der Waals surface area contributed by atoms with E-state index in [1.807, 2.05) is 12.1 Å². The van der Waals surface area contributed by atoms with Gasteiger partial charge in [0.05, 0.1) is 19.1 Å². The molecule has 9 heteroatoms. The quantitative estimate of drug-likeness (QED) is 0.564. The molecule has 0 aliphatic heterocycles. The van der Waals surface area contributed by atoms with Crippen LogP contribution in [0.3, 0.4) is 0 Å². The van der Waals surface area contributed by atoms with E-state index in [-0.39, 0.29) is 16.8 Å². The van der Waals surface area contributed by atoms with Crippen molar-refractivity contribution in [1.29, 1.82) is 0 Å². The van der Waals surface area contributed by atoms with Gasteiger partial charge in [0, 0.05) is 17.3 Å². The minimum absolute atomic E-state index is 0.150. The van der Waals surface area contributed by atoms with Crippen LogP contribution in [-0.2, 0) is 28.3 Å². The smallest absolute Gasteiger partial charge is 0.255 e. The van der Waals surface area contributed by atoms with Crippen LogP contribution in [0.25, 0.3) is 11.1 Å². The van der Waals surface area contributed by atoms with Crippen molar-refractivity contribution in [2.24, 2.45) is 0 Å². The van der Waals surface area contributed by atoms with Crippen LogP contribution in [0.5, 0.6) is 5.75 Å². The normalized spacial score (nSPS) is 11.9. The number of rotatable bonds is 7. The fourth-order valence-corrected chi connectivity index (χ4v) is 3.97. The minimum Gasteiger partial charge on any atom is -0.496 e. The largest absolute Gasteiger partial charge is 0.496 e. The average molecular weight is 457 g/mol. The number of H-pyrrole nitrogens is 1. The summed E-state index contributed by atoms with van der Waals surface area (Å²) in [5.74, 6) is 0.964. The van der Waals surface area contributed by atoms with Crippen LogP contribution in [0.1, 0.15) is 37.6 Å². The lowest BCUT2D eigenvalue weighted by molar-refractivity contribution is 0.392. The van der Waals surface area contributed by atoms with Gasteiger partial charge in [0.15, 0.2) is 5.82 Å². The molecular formula is C23H28N4O4S. The van der Waals surface area contributed by atoms with Gasteiger partial charge in [0.2, 0.25) is 10.0 Å². The fourth-order valence-electron chi connectivity index (χ4n) is 3.48. The third kappa shape index (κ3) is 5.73. The molecule has 8 nitrogen and oxygen atoms in total. The first-order valence-corrected chi connectivity index (χ1v) is 12.1. The molecule has 0 aliphatic carbocycles. The molecule has 0 fully saturated rings. The first kappa shape index (κ1) is 23.5. The summed E-state index contributed by atoms with van der Waals surface area (Å²) in [6, 6.07) is 10.9. The first-order valence-electron chi connectivity index (χ1n) is 10.2. The third-order valence-corrected chi connectivity index (χ3v) is 5.55. The van der Waals surface area contributed by atoms with E-state index in [9.17, 15) is 13.2 Å². The molecule has 3 rings (SSSR count). The lowest BCUT2D eigenvalue weighted by Gasteiger charge is -2.25. The van der Waals surface area contributed by atoms with Crippen LogP contribution in [0, 0.1) is 0 Å². The predicted octanol–water partition coefficient (Wildman–Crippen LogP) is 3.29. The van der Waals surface area contributed by atoms with Crippen LogP contribution in [0.15, 0.2) is 47.4 Å². The van der Waals surface area contributed by atoms with E-state index < -0.39 is 10.0 Å². The third-order valence-electron chi connectivity index (χ3n) is 4.97. The molecule has 0 aliphatic rings. The summed E-state index contributed by atoms with van der Waals surface area (Å²) in [6.45, 7) is 6.31. The second kappa shape index (κ2) is 9.12. The lowest BCUT2D eigenvalue weighted by Crippen LogP contribution is -2.16. The number of sulfonamides is 1. The number of aromatic nitrogens is 3. The van der Waals surface area contributed by atoms with E-state index in [0.717, 1.165) is 28.7 Å². The zero-order valence-corrected chi connectivity index (χ0v) is 19.7. The summed E-state index contributed by atoms with van der Waals surface area (Å²) in [6.07, 6.45) is 3.85. The van der Waals surface area contributed by atoms with Crippen molar-refractivity contribution in [1.82, 2.24) is 15.2 Å². The van der Waals surface area contributed by atoms with Crippen molar-refractivity contribution in [2.75, 3.05) is 18.1 Å². The van der Waals surface area contributed by atoms with Crippen molar-refractivity contribution >= 4 is 15.8 Å². The minimum atomic E-state index is -3.40. The molecule has 0 spiro atoms. The number of hydrogen-bond acceptors (Lipinski definition) is 6. The number of ether oxygens (including phenoxy) is 1. The molecule has 0 saturated heterocycles. The molecule has 32 heavy (non-hydrogen) atoms. The van der Waals surface area contributed by atoms with Crippen molar-refractivity contribution < 1.29 is 13.2 Å². The molecule has 0 unspecified atom stereocenters. The molecule has 0 radical (unpaired) electrons. The molecule has 170 valence electrons. The fraction of sp³-hybridized carbons (Fsp3) is 0.348. The lowest BCUT2D eigenvalue weighted by atomic mass is 9.82. The highest BCUT2D eigenvalue weighted by Gasteiger charge is 2.23. The molecule has 2 heterocycles. The maximum atomic E-state index is 12.4. The molecule has 1 aromatic carbocycles. The SMILES string of the molecule is COc1c(CCc2ccc(NS(C)(=O)=O)nn2)cc(-c2ccc[nH]c2=O)cc1C(C)(C)C. The second-order valence-corrected chi connectivity index (χ2v) is 10.4. The van der Waals surface area contributed by atoms with Crippen LogP contribution < -0.4 is 15.0 Å². The van der Waals surface area contributed by atoms with Crippen molar-refractivity contribution in [3.8, 4) is 16.9 Å². The van der Waals surface area contributed by atoms with Gasteiger partial charge in [-0.3, -0.25) is 9.52 Å². The predicted molar refractivity (Wildman–Crippen MR) is 126 cm³/mol. The standard InChI is InChI=1S/C23H28N4O4S/c1-23(2,3)19-14-16(18-7-6-12-24-22(18)28)13-15(21(19)31-4)8-9-17-10-11-20(26-25-17)27-32(5,29)30/h6-7,10-14H,8-9H2,1-5H3,(H,24,28)(H,26,27). The van der Waals surface area contributed by atoms with E-state index in [0.29, 0.717) is 24.1 Å². The molecule has 0 bridgehead atoms. The Morgan fingerprint density at radius 1 is 1.09 bits per heavy atom. The van der Waals surface area contributed by atoms with Gasteiger partial charge in [-0.05, 0) is 65.8 Å². The van der Waals surface area contributed by atoms with Crippen molar-refractivity contribution in [3.63, 3.8) is 0 Å². The van der Waals surface area contributed by atoms with Gasteiger partial charge in [0.25, 0.3) is 5.56 Å². The van der Waals surface area contributed by atoms with E-state index in [1.165, 1.54) is 0 Å². The summed E-state index contributed by atoms with van der Waals surface area (Å²) >= 11 is 0. The molecule has 2 aromatic heterocycles. The van der Waals surface area contributed by atoms with Gasteiger partial charge in [-0.25, -0.2) is 8.42 Å². The molecule has 3 aromatic rings. The average Bonchev–Trinajstić information content (AvgIpc) is 2.71. The van der Waals surface area contributed by atoms with Crippen LogP contribution in [0.2, 0.25) is 0 Å². The first-order chi connectivity index (χ1) is 15.0. The molecule has 2 N–H and O–H groups in total. The van der Waals surface area contributed by atoms with Gasteiger partial charge in [-0.15, -0.1) is 5.10 Å². The molecular weight excluding hydrogens is 428 g/mol. The van der Waals surface area contributed by atoms with Gasteiger partial charge in [-0.1, -0.05) is 20.8 Å². The number of pyridine rings is 1. The van der Waals surface area contributed by atoms with E-state index in [1.54, 1.807) is 37.6 Å². The number of methoxy groups -OCH3 is 1. The Labute approximate surface area is 188 Å². The summed E-state index contributed by atoms with van der Waals surface area (Å²) in [7, 11) is -1.76. The van der Waals surface area contributed by atoms with Crippen LogP contribution >= 0.6 is 0 Å². The Balaban J connectivity index is 1.97. The van der Waals surface area contributed by atoms with Gasteiger partial charge in [0.1, 0.15) is 5.75 Å². The van der Waals surface area contributed by atoms with Crippen LogP contribution in [-0.4, -0.2) is 37.0 Å². The highest BCUT2D eigenvalue weighted by atomic mass is 32.2. The van der Waals surface area contributed by atoms with E-state index in [4.69, 9.17) is 4.74 Å². The number of aryl methyl sites for hydroxylation is 2. The van der Waals surface area contributed by atoms with Crippen molar-refractivity contribution in [3.05, 3.63) is 69.8 Å². The maximum absolute atomic E-state index is 12.4. The Morgan fingerprint density at radius 2 is 1.84 bits per heavy atom. The van der Waals surface area contributed by atoms with Gasteiger partial charge >= 0.3 is 0 Å². The zero-order valence-electron chi connectivity index (χ0n) is 18.9. The number of anilines is 1.